The number of hydrogen-bond donors (Lipinski definition) is 1. The summed E-state index contributed by atoms with van der Waals surface area (Å²) in [4.78, 5) is 0. The number of nitrogens with one attached hydrogen (secondary N) is 1. The van der Waals surface area contributed by atoms with Crippen molar-refractivity contribution in [3.63, 3.8) is 0 Å². The second-order valence-corrected chi connectivity index (χ2v) is 5.61. The van der Waals surface area contributed by atoms with Crippen molar-refractivity contribution in [3.05, 3.63) is 63.9 Å². The fourth-order valence-corrected chi connectivity index (χ4v) is 2.88. The highest BCUT2D eigenvalue weighted by Gasteiger charge is 2.20. The van der Waals surface area contributed by atoms with E-state index in [1.54, 1.807) is 6.07 Å². The summed E-state index contributed by atoms with van der Waals surface area (Å²) in [5, 5.41) is 3.49. The van der Waals surface area contributed by atoms with Crippen molar-refractivity contribution in [2.45, 2.75) is 19.0 Å². The fourth-order valence-electron chi connectivity index (χ4n) is 2.47. The van der Waals surface area contributed by atoms with Crippen molar-refractivity contribution in [3.8, 4) is 5.75 Å². The van der Waals surface area contributed by atoms with Crippen molar-refractivity contribution in [1.82, 2.24) is 5.32 Å². The average Bonchev–Trinajstić information content (AvgIpc) is 2.49. The molecule has 0 amide bonds. The third kappa shape index (κ3) is 2.72. The number of hydrogen-bond acceptors (Lipinski definition) is 2. The van der Waals surface area contributed by atoms with Crippen LogP contribution in [0.4, 0.5) is 4.39 Å². The van der Waals surface area contributed by atoms with Gasteiger partial charge in [0.25, 0.3) is 0 Å². The molecule has 3 rings (SSSR count). The van der Waals surface area contributed by atoms with E-state index in [1.165, 1.54) is 11.6 Å². The summed E-state index contributed by atoms with van der Waals surface area (Å²) >= 11 is 3.30. The number of ether oxygens (including phenoxy) is 1. The molecule has 2 aromatic carbocycles. The molecule has 0 fully saturated rings. The average molecular weight is 336 g/mol. The van der Waals surface area contributed by atoms with Gasteiger partial charge in [0.2, 0.25) is 0 Å². The number of benzene rings is 2. The van der Waals surface area contributed by atoms with Crippen LogP contribution in [0, 0.1) is 5.82 Å². The molecule has 20 heavy (non-hydrogen) atoms. The largest absolute Gasteiger partial charge is 0.493 e. The lowest BCUT2D eigenvalue weighted by Gasteiger charge is -2.27. The van der Waals surface area contributed by atoms with Crippen molar-refractivity contribution < 1.29 is 9.13 Å². The van der Waals surface area contributed by atoms with Crippen LogP contribution in [0.15, 0.2) is 46.9 Å². The molecule has 0 saturated carbocycles. The van der Waals surface area contributed by atoms with Crippen LogP contribution in [0.1, 0.15) is 23.6 Å². The van der Waals surface area contributed by atoms with Gasteiger partial charge in [0, 0.05) is 24.6 Å². The number of fused-ring (bicyclic) bond motifs is 1. The first kappa shape index (κ1) is 13.6. The Bertz CT molecular complexity index is 617. The Morgan fingerprint density at radius 2 is 2.05 bits per heavy atom. The van der Waals surface area contributed by atoms with Gasteiger partial charge < -0.3 is 10.1 Å². The Balaban J connectivity index is 1.75. The zero-order valence-corrected chi connectivity index (χ0v) is 12.5. The van der Waals surface area contributed by atoms with Gasteiger partial charge >= 0.3 is 0 Å². The summed E-state index contributed by atoms with van der Waals surface area (Å²) in [5.74, 6) is 0.714. The van der Waals surface area contributed by atoms with E-state index < -0.39 is 0 Å². The second kappa shape index (κ2) is 5.94. The maximum atomic E-state index is 13.5. The molecule has 0 aliphatic carbocycles. The molecule has 1 aliphatic heterocycles. The first-order chi connectivity index (χ1) is 9.75. The van der Waals surface area contributed by atoms with Crippen LogP contribution in [0.25, 0.3) is 0 Å². The molecule has 0 spiro atoms. The Morgan fingerprint density at radius 1 is 1.20 bits per heavy atom. The zero-order valence-electron chi connectivity index (χ0n) is 10.9. The van der Waals surface area contributed by atoms with Gasteiger partial charge in [0.15, 0.2) is 0 Å². The molecule has 1 aliphatic rings. The lowest BCUT2D eigenvalue weighted by atomic mass is 10.0. The summed E-state index contributed by atoms with van der Waals surface area (Å²) in [7, 11) is 0. The van der Waals surface area contributed by atoms with Gasteiger partial charge in [-0.2, -0.15) is 0 Å². The van der Waals surface area contributed by atoms with E-state index in [0.29, 0.717) is 17.6 Å². The van der Waals surface area contributed by atoms with E-state index in [4.69, 9.17) is 4.74 Å². The summed E-state index contributed by atoms with van der Waals surface area (Å²) in [5.41, 5.74) is 2.10. The normalized spacial score (nSPS) is 17.4. The molecule has 4 heteroatoms. The Hall–Kier alpha value is -1.39. The van der Waals surface area contributed by atoms with Gasteiger partial charge in [-0.3, -0.25) is 0 Å². The van der Waals surface area contributed by atoms with Crippen molar-refractivity contribution in [1.29, 1.82) is 0 Å². The van der Waals surface area contributed by atoms with Crippen LogP contribution in [-0.4, -0.2) is 6.61 Å². The fraction of sp³-hybridized carbons (Fsp3) is 0.250. The van der Waals surface area contributed by atoms with Crippen LogP contribution in [0.2, 0.25) is 0 Å². The molecule has 1 heterocycles. The van der Waals surface area contributed by atoms with Crippen LogP contribution < -0.4 is 10.1 Å². The predicted molar refractivity (Wildman–Crippen MR) is 80.2 cm³/mol. The van der Waals surface area contributed by atoms with E-state index in [-0.39, 0.29) is 11.9 Å². The van der Waals surface area contributed by atoms with Gasteiger partial charge in [-0.1, -0.05) is 30.3 Å². The molecule has 2 aromatic rings. The SMILES string of the molecule is Fc1cccc(CNC2CCOc3ccccc32)c1Br. The van der Waals surface area contributed by atoms with Gasteiger partial charge in [-0.15, -0.1) is 0 Å². The molecule has 1 N–H and O–H groups in total. The lowest BCUT2D eigenvalue weighted by Crippen LogP contribution is -2.26. The van der Waals surface area contributed by atoms with Gasteiger partial charge in [-0.25, -0.2) is 4.39 Å². The van der Waals surface area contributed by atoms with Crippen LogP contribution in [0.3, 0.4) is 0 Å². The van der Waals surface area contributed by atoms with Crippen LogP contribution >= 0.6 is 15.9 Å². The number of halogens is 2. The monoisotopic (exact) mass is 335 g/mol. The Kier molecular flexibility index (Phi) is 4.03. The highest BCUT2D eigenvalue weighted by atomic mass is 79.9. The van der Waals surface area contributed by atoms with Crippen molar-refractivity contribution >= 4 is 15.9 Å². The third-order valence-electron chi connectivity index (χ3n) is 3.53. The topological polar surface area (TPSA) is 21.3 Å². The van der Waals surface area contributed by atoms with E-state index in [9.17, 15) is 4.39 Å². The maximum absolute atomic E-state index is 13.5. The first-order valence-electron chi connectivity index (χ1n) is 6.63. The van der Waals surface area contributed by atoms with Crippen LogP contribution in [0.5, 0.6) is 5.75 Å². The molecule has 1 atom stereocenters. The highest BCUT2D eigenvalue weighted by Crippen LogP contribution is 2.32. The molecular formula is C16H15BrFNO. The Morgan fingerprint density at radius 3 is 2.95 bits per heavy atom. The smallest absolute Gasteiger partial charge is 0.137 e. The lowest BCUT2D eigenvalue weighted by molar-refractivity contribution is 0.252. The standard InChI is InChI=1S/C16H15BrFNO/c17-16-11(4-3-6-13(16)18)10-19-14-8-9-20-15-7-2-1-5-12(14)15/h1-7,14,19H,8-10H2. The zero-order chi connectivity index (χ0) is 13.9. The predicted octanol–water partition coefficient (Wildman–Crippen LogP) is 4.20. The maximum Gasteiger partial charge on any atom is 0.137 e. The second-order valence-electron chi connectivity index (χ2n) is 4.82. The summed E-state index contributed by atoms with van der Waals surface area (Å²) in [6.07, 6.45) is 0.921. The molecule has 104 valence electrons. The minimum atomic E-state index is -0.225. The van der Waals surface area contributed by atoms with E-state index >= 15 is 0 Å². The summed E-state index contributed by atoms with van der Waals surface area (Å²) in [6, 6.07) is 13.4. The molecule has 0 saturated heterocycles. The number of para-hydroxylation sites is 1. The van der Waals surface area contributed by atoms with E-state index in [1.807, 2.05) is 24.3 Å². The van der Waals surface area contributed by atoms with Gasteiger partial charge in [-0.05, 0) is 33.6 Å². The van der Waals surface area contributed by atoms with Crippen molar-refractivity contribution in [2.75, 3.05) is 6.61 Å². The minimum Gasteiger partial charge on any atom is -0.493 e. The highest BCUT2D eigenvalue weighted by molar-refractivity contribution is 9.10. The molecule has 0 aromatic heterocycles. The number of rotatable bonds is 3. The molecular weight excluding hydrogens is 321 g/mol. The molecule has 0 radical (unpaired) electrons. The summed E-state index contributed by atoms with van der Waals surface area (Å²) in [6.45, 7) is 1.33. The quantitative estimate of drug-likeness (QED) is 0.907. The molecule has 1 unspecified atom stereocenters. The summed E-state index contributed by atoms with van der Waals surface area (Å²) < 4.78 is 19.7. The van der Waals surface area contributed by atoms with Gasteiger partial charge in [0.05, 0.1) is 11.1 Å². The third-order valence-corrected chi connectivity index (χ3v) is 4.42. The van der Waals surface area contributed by atoms with Crippen LogP contribution in [-0.2, 0) is 6.54 Å². The minimum absolute atomic E-state index is 0.225. The van der Waals surface area contributed by atoms with E-state index in [0.717, 1.165) is 17.7 Å². The Labute approximate surface area is 126 Å². The molecule has 2 nitrogen and oxygen atoms in total. The van der Waals surface area contributed by atoms with Gasteiger partial charge in [0.1, 0.15) is 11.6 Å². The van der Waals surface area contributed by atoms with Crippen molar-refractivity contribution in [2.24, 2.45) is 0 Å². The van der Waals surface area contributed by atoms with E-state index in [2.05, 4.69) is 27.3 Å². The molecule has 0 bridgehead atoms. The first-order valence-corrected chi connectivity index (χ1v) is 7.43.